The van der Waals surface area contributed by atoms with Gasteiger partial charge in [0.05, 0.1) is 12.5 Å². The molecule has 0 fully saturated rings. The number of ether oxygens (including phenoxy) is 1. The summed E-state index contributed by atoms with van der Waals surface area (Å²) in [7, 11) is 0. The van der Waals surface area contributed by atoms with Crippen LogP contribution in [0.1, 0.15) is 27.7 Å². The van der Waals surface area contributed by atoms with Crippen molar-refractivity contribution in [2.24, 2.45) is 17.6 Å². The van der Waals surface area contributed by atoms with Crippen LogP contribution in [0.25, 0.3) is 0 Å². The zero-order valence-electron chi connectivity index (χ0n) is 8.33. The van der Waals surface area contributed by atoms with Crippen molar-refractivity contribution in [2.75, 3.05) is 6.61 Å². The molecule has 0 amide bonds. The Kier molecular flexibility index (Phi) is 4.90. The van der Waals surface area contributed by atoms with E-state index in [0.29, 0.717) is 12.5 Å². The Hall–Kier alpha value is -0.570. The molecule has 0 aliphatic carbocycles. The SMILES string of the molecule is CC(C)COC(=O)C(C)C(C)N. The van der Waals surface area contributed by atoms with Crippen LogP contribution in [0.15, 0.2) is 0 Å². The Labute approximate surface area is 74.3 Å². The van der Waals surface area contributed by atoms with Gasteiger partial charge in [0.1, 0.15) is 0 Å². The Bertz CT molecular complexity index is 143. The number of hydrogen-bond acceptors (Lipinski definition) is 3. The lowest BCUT2D eigenvalue weighted by atomic mass is 10.1. The summed E-state index contributed by atoms with van der Waals surface area (Å²) in [4.78, 5) is 11.2. The van der Waals surface area contributed by atoms with Crippen LogP contribution >= 0.6 is 0 Å². The van der Waals surface area contributed by atoms with E-state index in [2.05, 4.69) is 0 Å². The molecule has 0 bridgehead atoms. The molecule has 12 heavy (non-hydrogen) atoms. The van der Waals surface area contributed by atoms with E-state index in [1.165, 1.54) is 0 Å². The average molecular weight is 173 g/mol. The molecular weight excluding hydrogens is 154 g/mol. The molecule has 0 aliphatic rings. The summed E-state index contributed by atoms with van der Waals surface area (Å²) in [6, 6.07) is -0.135. The van der Waals surface area contributed by atoms with Crippen molar-refractivity contribution in [3.63, 3.8) is 0 Å². The molecule has 0 aromatic rings. The molecule has 0 saturated carbocycles. The summed E-state index contributed by atoms with van der Waals surface area (Å²) >= 11 is 0. The minimum atomic E-state index is -0.205. The van der Waals surface area contributed by atoms with Crippen LogP contribution in [0.5, 0.6) is 0 Å². The summed E-state index contributed by atoms with van der Waals surface area (Å²) < 4.78 is 5.01. The lowest BCUT2D eigenvalue weighted by Crippen LogP contribution is -2.32. The number of carbonyl (C=O) groups excluding carboxylic acids is 1. The molecule has 3 nitrogen and oxygen atoms in total. The summed E-state index contributed by atoms with van der Waals surface area (Å²) in [6.07, 6.45) is 0. The number of nitrogens with two attached hydrogens (primary N) is 1. The Morgan fingerprint density at radius 3 is 2.17 bits per heavy atom. The number of rotatable bonds is 4. The summed E-state index contributed by atoms with van der Waals surface area (Å²) in [5, 5.41) is 0. The lowest BCUT2D eigenvalue weighted by Gasteiger charge is -2.15. The van der Waals surface area contributed by atoms with Crippen molar-refractivity contribution in [2.45, 2.75) is 33.7 Å². The molecule has 0 spiro atoms. The molecule has 0 aromatic carbocycles. The standard InChI is InChI=1S/C9H19NO2/c1-6(2)5-12-9(11)7(3)8(4)10/h6-8H,5,10H2,1-4H3. The number of carbonyl (C=O) groups is 1. The van der Waals surface area contributed by atoms with Crippen LogP contribution in [0.3, 0.4) is 0 Å². The normalized spacial score (nSPS) is 15.8. The van der Waals surface area contributed by atoms with Gasteiger partial charge in [-0.15, -0.1) is 0 Å². The lowest BCUT2D eigenvalue weighted by molar-refractivity contribution is -0.149. The van der Waals surface area contributed by atoms with E-state index in [9.17, 15) is 4.79 Å². The van der Waals surface area contributed by atoms with Gasteiger partial charge in [0, 0.05) is 6.04 Å². The zero-order chi connectivity index (χ0) is 9.72. The molecule has 0 radical (unpaired) electrons. The van der Waals surface area contributed by atoms with Crippen LogP contribution in [-0.4, -0.2) is 18.6 Å². The quantitative estimate of drug-likeness (QED) is 0.649. The number of esters is 1. The third-order valence-electron chi connectivity index (χ3n) is 1.72. The predicted molar refractivity (Wildman–Crippen MR) is 48.6 cm³/mol. The first-order chi connectivity index (χ1) is 5.45. The summed E-state index contributed by atoms with van der Waals surface area (Å²) in [6.45, 7) is 8.08. The van der Waals surface area contributed by atoms with Crippen molar-refractivity contribution >= 4 is 5.97 Å². The van der Waals surface area contributed by atoms with Gasteiger partial charge in [-0.1, -0.05) is 20.8 Å². The monoisotopic (exact) mass is 173 g/mol. The highest BCUT2D eigenvalue weighted by Crippen LogP contribution is 2.04. The van der Waals surface area contributed by atoms with Gasteiger partial charge < -0.3 is 10.5 Å². The van der Waals surface area contributed by atoms with Crippen molar-refractivity contribution in [1.29, 1.82) is 0 Å². The van der Waals surface area contributed by atoms with Crippen molar-refractivity contribution in [3.05, 3.63) is 0 Å². The van der Waals surface area contributed by atoms with Crippen LogP contribution in [0, 0.1) is 11.8 Å². The maximum absolute atomic E-state index is 11.2. The molecule has 0 aromatic heterocycles. The van der Waals surface area contributed by atoms with Gasteiger partial charge in [-0.2, -0.15) is 0 Å². The molecule has 0 aliphatic heterocycles. The smallest absolute Gasteiger partial charge is 0.310 e. The third-order valence-corrected chi connectivity index (χ3v) is 1.72. The van der Waals surface area contributed by atoms with E-state index >= 15 is 0 Å². The fourth-order valence-corrected chi connectivity index (χ4v) is 0.595. The molecule has 2 N–H and O–H groups in total. The molecular formula is C9H19NO2. The fourth-order valence-electron chi connectivity index (χ4n) is 0.595. The first kappa shape index (κ1) is 11.4. The van der Waals surface area contributed by atoms with Crippen LogP contribution in [0.2, 0.25) is 0 Å². The van der Waals surface area contributed by atoms with Gasteiger partial charge in [-0.05, 0) is 12.8 Å². The molecule has 0 rings (SSSR count). The van der Waals surface area contributed by atoms with E-state index in [1.807, 2.05) is 13.8 Å². The largest absolute Gasteiger partial charge is 0.465 e. The van der Waals surface area contributed by atoms with Gasteiger partial charge in [-0.3, -0.25) is 4.79 Å². The third kappa shape index (κ3) is 4.34. The topological polar surface area (TPSA) is 52.3 Å². The Balaban J connectivity index is 3.72. The highest BCUT2D eigenvalue weighted by Gasteiger charge is 2.18. The van der Waals surface area contributed by atoms with Gasteiger partial charge in [0.15, 0.2) is 0 Å². The minimum Gasteiger partial charge on any atom is -0.465 e. The van der Waals surface area contributed by atoms with Crippen LogP contribution in [-0.2, 0) is 9.53 Å². The van der Waals surface area contributed by atoms with Crippen molar-refractivity contribution in [1.82, 2.24) is 0 Å². The van der Waals surface area contributed by atoms with Crippen LogP contribution in [0.4, 0.5) is 0 Å². The Morgan fingerprint density at radius 2 is 1.83 bits per heavy atom. The highest BCUT2D eigenvalue weighted by molar-refractivity contribution is 5.72. The highest BCUT2D eigenvalue weighted by atomic mass is 16.5. The molecule has 0 heterocycles. The summed E-state index contributed by atoms with van der Waals surface area (Å²) in [5.74, 6) is -0.0170. The predicted octanol–water partition coefficient (Wildman–Crippen LogP) is 1.17. The van der Waals surface area contributed by atoms with Gasteiger partial charge in [0.25, 0.3) is 0 Å². The van der Waals surface area contributed by atoms with E-state index in [0.717, 1.165) is 0 Å². The molecule has 3 heteroatoms. The van der Waals surface area contributed by atoms with E-state index in [-0.39, 0.29) is 17.9 Å². The molecule has 72 valence electrons. The van der Waals surface area contributed by atoms with Gasteiger partial charge in [-0.25, -0.2) is 0 Å². The maximum Gasteiger partial charge on any atom is 0.310 e. The zero-order valence-corrected chi connectivity index (χ0v) is 8.33. The van der Waals surface area contributed by atoms with Crippen LogP contribution < -0.4 is 5.73 Å². The maximum atomic E-state index is 11.2. The first-order valence-corrected chi connectivity index (χ1v) is 4.37. The first-order valence-electron chi connectivity index (χ1n) is 4.37. The number of hydrogen-bond donors (Lipinski definition) is 1. The second-order valence-electron chi connectivity index (χ2n) is 3.67. The molecule has 2 atom stereocenters. The second-order valence-corrected chi connectivity index (χ2v) is 3.67. The second kappa shape index (κ2) is 5.14. The van der Waals surface area contributed by atoms with E-state index < -0.39 is 0 Å². The van der Waals surface area contributed by atoms with Crippen molar-refractivity contribution in [3.8, 4) is 0 Å². The van der Waals surface area contributed by atoms with Gasteiger partial charge >= 0.3 is 5.97 Å². The molecule has 0 saturated heterocycles. The fraction of sp³-hybridized carbons (Fsp3) is 0.889. The van der Waals surface area contributed by atoms with E-state index in [1.54, 1.807) is 13.8 Å². The molecule has 2 unspecified atom stereocenters. The van der Waals surface area contributed by atoms with Gasteiger partial charge in [0.2, 0.25) is 0 Å². The average Bonchev–Trinajstić information content (AvgIpc) is 1.98. The minimum absolute atomic E-state index is 0.135. The van der Waals surface area contributed by atoms with Crippen molar-refractivity contribution < 1.29 is 9.53 Å². The Morgan fingerprint density at radius 1 is 1.33 bits per heavy atom. The summed E-state index contributed by atoms with van der Waals surface area (Å²) in [5.41, 5.74) is 5.54. The van der Waals surface area contributed by atoms with E-state index in [4.69, 9.17) is 10.5 Å².